The highest BCUT2D eigenvalue weighted by atomic mass is 35.5. The van der Waals surface area contributed by atoms with Crippen molar-refractivity contribution in [1.82, 2.24) is 25.2 Å². The number of nitrogens with zero attached hydrogens (tertiary/aromatic N) is 4. The molecule has 2 aromatic heterocycles. The molecule has 4 heterocycles. The van der Waals surface area contributed by atoms with Crippen molar-refractivity contribution in [2.24, 2.45) is 5.92 Å². The standard InChI is InChI=1S/C21H22ClN5O4S/c22-13-8-27(17-14(28)9-31-18(13)17)21(30)16(11-3-1-2-4-11)26-19(29)20-25-7-15(32-20)12-5-23-10-24-6-12/h5-7,10-11,13,16-18H,1-4,8-9H2,(H,26,29)/t13-,16-,17+,18+/m0/s1. The maximum Gasteiger partial charge on any atom is 0.280 e. The SMILES string of the molecule is O=C(N[C@H](C(=O)N1C[C@H](Cl)[C@H]2OCC(=O)[C@H]21)C1CCCC1)c1ncc(-c2cncnc2)s1. The average molecular weight is 476 g/mol. The van der Waals surface area contributed by atoms with E-state index in [2.05, 4.69) is 20.3 Å². The highest BCUT2D eigenvalue weighted by Crippen LogP contribution is 2.34. The fraction of sp³-hybridized carbons (Fsp3) is 0.524. The van der Waals surface area contributed by atoms with Gasteiger partial charge in [-0.2, -0.15) is 0 Å². The molecular formula is C21H22ClN5O4S. The van der Waals surface area contributed by atoms with Gasteiger partial charge in [-0.25, -0.2) is 15.0 Å². The summed E-state index contributed by atoms with van der Waals surface area (Å²) in [6, 6.07) is -1.40. The van der Waals surface area contributed by atoms with E-state index in [1.54, 1.807) is 18.6 Å². The Morgan fingerprint density at radius 1 is 1.22 bits per heavy atom. The molecule has 1 aliphatic carbocycles. The molecule has 2 amide bonds. The van der Waals surface area contributed by atoms with Crippen molar-refractivity contribution in [2.45, 2.75) is 49.2 Å². The lowest BCUT2D eigenvalue weighted by Gasteiger charge is -2.30. The number of ketones is 1. The molecule has 4 atom stereocenters. The van der Waals surface area contributed by atoms with Crippen molar-refractivity contribution in [3.05, 3.63) is 29.9 Å². The molecule has 9 nitrogen and oxygen atoms in total. The van der Waals surface area contributed by atoms with Crippen molar-refractivity contribution in [2.75, 3.05) is 13.2 Å². The summed E-state index contributed by atoms with van der Waals surface area (Å²) in [5.74, 6) is -0.803. The van der Waals surface area contributed by atoms with Crippen LogP contribution in [0.1, 0.15) is 35.5 Å². The van der Waals surface area contributed by atoms with Crippen LogP contribution < -0.4 is 5.32 Å². The zero-order valence-corrected chi connectivity index (χ0v) is 18.7. The summed E-state index contributed by atoms with van der Waals surface area (Å²) in [5, 5.41) is 2.74. The molecule has 168 valence electrons. The second-order valence-corrected chi connectivity index (χ2v) is 9.94. The van der Waals surface area contributed by atoms with Gasteiger partial charge in [0.1, 0.15) is 31.1 Å². The van der Waals surface area contributed by atoms with Gasteiger partial charge in [-0.05, 0) is 18.8 Å². The third kappa shape index (κ3) is 3.91. The van der Waals surface area contributed by atoms with E-state index in [0.717, 1.165) is 36.1 Å². The van der Waals surface area contributed by atoms with Crippen molar-refractivity contribution < 1.29 is 19.1 Å². The zero-order chi connectivity index (χ0) is 22.2. The van der Waals surface area contributed by atoms with E-state index in [0.29, 0.717) is 0 Å². The van der Waals surface area contributed by atoms with Crippen LogP contribution in [0.4, 0.5) is 0 Å². The fourth-order valence-electron chi connectivity index (χ4n) is 4.82. The van der Waals surface area contributed by atoms with E-state index in [1.165, 1.54) is 22.6 Å². The number of aromatic nitrogens is 3. The third-order valence-electron chi connectivity index (χ3n) is 6.37. The Balaban J connectivity index is 1.36. The molecule has 0 aromatic carbocycles. The minimum Gasteiger partial charge on any atom is -0.366 e. The minimum absolute atomic E-state index is 0.0126. The predicted octanol–water partition coefficient (Wildman–Crippen LogP) is 1.67. The quantitative estimate of drug-likeness (QED) is 0.654. The van der Waals surface area contributed by atoms with E-state index in [1.807, 2.05) is 0 Å². The number of amides is 2. The predicted molar refractivity (Wildman–Crippen MR) is 116 cm³/mol. The number of Topliss-reactive ketones (excluding diaryl/α,β-unsaturated/α-hetero) is 1. The summed E-state index contributed by atoms with van der Waals surface area (Å²) in [6.45, 7) is 0.198. The topological polar surface area (TPSA) is 114 Å². The molecule has 2 saturated heterocycles. The monoisotopic (exact) mass is 475 g/mol. The van der Waals surface area contributed by atoms with Gasteiger partial charge in [-0.1, -0.05) is 12.8 Å². The van der Waals surface area contributed by atoms with Crippen molar-refractivity contribution >= 4 is 40.5 Å². The van der Waals surface area contributed by atoms with Crippen LogP contribution in [0, 0.1) is 5.92 Å². The van der Waals surface area contributed by atoms with Crippen LogP contribution in [0.15, 0.2) is 24.9 Å². The van der Waals surface area contributed by atoms with Gasteiger partial charge >= 0.3 is 0 Å². The van der Waals surface area contributed by atoms with E-state index in [4.69, 9.17) is 16.3 Å². The average Bonchev–Trinajstić information content (AvgIpc) is 3.59. The number of fused-ring (bicyclic) bond motifs is 1. The second kappa shape index (κ2) is 8.84. The molecule has 2 aromatic rings. The molecule has 1 N–H and O–H groups in total. The Labute approximate surface area is 193 Å². The number of hydrogen-bond acceptors (Lipinski definition) is 8. The largest absolute Gasteiger partial charge is 0.366 e. The van der Waals surface area contributed by atoms with Gasteiger partial charge < -0.3 is 15.0 Å². The summed E-state index contributed by atoms with van der Waals surface area (Å²) in [5.41, 5.74) is 0.767. The van der Waals surface area contributed by atoms with Gasteiger partial charge in [0.15, 0.2) is 10.8 Å². The number of alkyl halides is 1. The fourth-order valence-corrected chi connectivity index (χ4v) is 5.97. The number of likely N-dealkylation sites (tertiary alicyclic amines) is 1. The molecule has 11 heteroatoms. The lowest BCUT2D eigenvalue weighted by atomic mass is 9.96. The van der Waals surface area contributed by atoms with Crippen LogP contribution in [0.2, 0.25) is 0 Å². The molecule has 32 heavy (non-hydrogen) atoms. The maximum absolute atomic E-state index is 13.6. The number of hydrogen-bond donors (Lipinski definition) is 1. The van der Waals surface area contributed by atoms with E-state index >= 15 is 0 Å². The Morgan fingerprint density at radius 3 is 2.72 bits per heavy atom. The normalized spacial score (nSPS) is 26.3. The Morgan fingerprint density at radius 2 is 1.97 bits per heavy atom. The lowest BCUT2D eigenvalue weighted by molar-refractivity contribution is -0.139. The molecule has 1 saturated carbocycles. The first kappa shape index (κ1) is 21.4. The van der Waals surface area contributed by atoms with Crippen molar-refractivity contribution in [1.29, 1.82) is 0 Å². The third-order valence-corrected chi connectivity index (χ3v) is 7.81. The molecule has 0 spiro atoms. The van der Waals surface area contributed by atoms with E-state index in [-0.39, 0.29) is 35.8 Å². The lowest BCUT2D eigenvalue weighted by Crippen LogP contribution is -2.54. The number of thiazole rings is 1. The smallest absolute Gasteiger partial charge is 0.280 e. The van der Waals surface area contributed by atoms with Crippen LogP contribution in [0.5, 0.6) is 0 Å². The summed E-state index contributed by atoms with van der Waals surface area (Å²) >= 11 is 7.58. The van der Waals surface area contributed by atoms with Crippen LogP contribution in [-0.2, 0) is 14.3 Å². The Kier molecular flexibility index (Phi) is 5.92. The number of ether oxygens (including phenoxy) is 1. The van der Waals surface area contributed by atoms with Crippen LogP contribution in [0.25, 0.3) is 10.4 Å². The van der Waals surface area contributed by atoms with Crippen molar-refractivity contribution in [3.8, 4) is 10.4 Å². The van der Waals surface area contributed by atoms with Gasteiger partial charge in [0.2, 0.25) is 5.91 Å². The molecule has 0 unspecified atom stereocenters. The van der Waals surface area contributed by atoms with Crippen LogP contribution in [0.3, 0.4) is 0 Å². The summed E-state index contributed by atoms with van der Waals surface area (Å²) in [4.78, 5) is 53.5. The molecule has 5 rings (SSSR count). The van der Waals surface area contributed by atoms with Gasteiger partial charge in [-0.3, -0.25) is 14.4 Å². The van der Waals surface area contributed by atoms with Gasteiger partial charge in [0, 0.05) is 30.7 Å². The Bertz CT molecular complexity index is 1030. The number of carbonyl (C=O) groups is 3. The number of carbonyl (C=O) groups excluding carboxylic acids is 3. The number of halogens is 1. The van der Waals surface area contributed by atoms with Gasteiger partial charge in [0.25, 0.3) is 5.91 Å². The van der Waals surface area contributed by atoms with Gasteiger partial charge in [-0.15, -0.1) is 22.9 Å². The number of rotatable bonds is 5. The second-order valence-electron chi connectivity index (χ2n) is 8.35. The highest BCUT2D eigenvalue weighted by Gasteiger charge is 2.53. The Hall–Kier alpha value is -2.43. The van der Waals surface area contributed by atoms with Crippen LogP contribution in [-0.4, -0.2) is 74.2 Å². The molecule has 3 fully saturated rings. The molecular weight excluding hydrogens is 454 g/mol. The van der Waals surface area contributed by atoms with E-state index < -0.39 is 29.5 Å². The maximum atomic E-state index is 13.6. The van der Waals surface area contributed by atoms with Crippen molar-refractivity contribution in [3.63, 3.8) is 0 Å². The molecule has 3 aliphatic rings. The minimum atomic E-state index is -0.728. The summed E-state index contributed by atoms with van der Waals surface area (Å²) < 4.78 is 5.50. The van der Waals surface area contributed by atoms with E-state index in [9.17, 15) is 14.4 Å². The number of nitrogens with one attached hydrogen (secondary N) is 1. The zero-order valence-electron chi connectivity index (χ0n) is 17.1. The summed E-state index contributed by atoms with van der Waals surface area (Å²) in [6.07, 6.45) is 9.56. The molecule has 0 bridgehead atoms. The highest BCUT2D eigenvalue weighted by molar-refractivity contribution is 7.16. The first-order valence-electron chi connectivity index (χ1n) is 10.6. The first-order chi connectivity index (χ1) is 15.5. The first-order valence-corrected chi connectivity index (χ1v) is 11.9. The van der Waals surface area contributed by atoms with Gasteiger partial charge in [0.05, 0.1) is 10.3 Å². The molecule has 0 radical (unpaired) electrons. The van der Waals surface area contributed by atoms with Crippen LogP contribution >= 0.6 is 22.9 Å². The molecule has 2 aliphatic heterocycles. The summed E-state index contributed by atoms with van der Waals surface area (Å²) in [7, 11) is 0.